The molecule has 0 bridgehead atoms. The zero-order chi connectivity index (χ0) is 14.0. The molecule has 2 aromatic rings. The van der Waals surface area contributed by atoms with Gasteiger partial charge in [0.2, 0.25) is 0 Å². The van der Waals surface area contributed by atoms with Crippen LogP contribution >= 0.6 is 0 Å². The fraction of sp³-hybridized carbons (Fsp3) is 0.0769. The van der Waals surface area contributed by atoms with Crippen molar-refractivity contribution in [3.63, 3.8) is 0 Å². The number of halogens is 1. The average molecular weight is 260 g/mol. The first-order valence-electron chi connectivity index (χ1n) is 5.56. The van der Waals surface area contributed by atoms with E-state index >= 15 is 0 Å². The highest BCUT2D eigenvalue weighted by Gasteiger charge is 2.08. The molecule has 5 nitrogen and oxygen atoms in total. The molecule has 0 saturated heterocycles. The molecular weight excluding hydrogens is 247 g/mol. The minimum absolute atomic E-state index is 0.0878. The number of pyridine rings is 1. The molecule has 0 aliphatic rings. The summed E-state index contributed by atoms with van der Waals surface area (Å²) in [5.74, 6) is -0.757. The van der Waals surface area contributed by atoms with Crippen LogP contribution in [0, 0.1) is 12.7 Å². The van der Waals surface area contributed by atoms with Gasteiger partial charge in [-0.3, -0.25) is 4.79 Å². The molecule has 0 unspecified atom stereocenters. The van der Waals surface area contributed by atoms with Crippen LogP contribution in [0.3, 0.4) is 0 Å². The van der Waals surface area contributed by atoms with Gasteiger partial charge in [0.25, 0.3) is 5.91 Å². The van der Waals surface area contributed by atoms with Gasteiger partial charge in [0.15, 0.2) is 5.82 Å². The van der Waals surface area contributed by atoms with Crippen LogP contribution in [0.2, 0.25) is 0 Å². The Hall–Kier alpha value is -2.63. The highest BCUT2D eigenvalue weighted by molar-refractivity contribution is 5.92. The maximum absolute atomic E-state index is 13.3. The van der Waals surface area contributed by atoms with Crippen molar-refractivity contribution in [2.75, 3.05) is 11.1 Å². The van der Waals surface area contributed by atoms with Gasteiger partial charge in [-0.05, 0) is 42.8 Å². The van der Waals surface area contributed by atoms with Gasteiger partial charge in [-0.2, -0.15) is 0 Å². The zero-order valence-electron chi connectivity index (χ0n) is 10.3. The van der Waals surface area contributed by atoms with Crippen LogP contribution in [-0.4, -0.2) is 10.9 Å². The topological polar surface area (TPSA) is 94.0 Å². The van der Waals surface area contributed by atoms with E-state index in [0.29, 0.717) is 11.4 Å². The summed E-state index contributed by atoms with van der Waals surface area (Å²) in [7, 11) is 0. The van der Waals surface area contributed by atoms with Crippen LogP contribution in [0.4, 0.5) is 21.6 Å². The molecule has 98 valence electrons. The maximum Gasteiger partial charge on any atom is 0.267 e. The van der Waals surface area contributed by atoms with Gasteiger partial charge >= 0.3 is 0 Å². The van der Waals surface area contributed by atoms with Crippen LogP contribution in [0.1, 0.15) is 16.1 Å². The van der Waals surface area contributed by atoms with Crippen molar-refractivity contribution >= 4 is 23.1 Å². The first-order chi connectivity index (χ1) is 8.95. The Kier molecular flexibility index (Phi) is 3.33. The molecule has 1 heterocycles. The molecule has 1 amide bonds. The van der Waals surface area contributed by atoms with Gasteiger partial charge < -0.3 is 16.8 Å². The van der Waals surface area contributed by atoms with E-state index in [1.807, 2.05) is 0 Å². The van der Waals surface area contributed by atoms with Crippen molar-refractivity contribution in [3.05, 3.63) is 47.4 Å². The van der Waals surface area contributed by atoms with Crippen molar-refractivity contribution in [2.45, 2.75) is 6.92 Å². The average Bonchev–Trinajstić information content (AvgIpc) is 2.30. The van der Waals surface area contributed by atoms with E-state index in [0.717, 1.165) is 5.56 Å². The number of hydrogen-bond donors (Lipinski definition) is 3. The SMILES string of the molecule is Cc1cc(F)cc(Nc2nc(C(N)=O)ccc2N)c1. The van der Waals surface area contributed by atoms with Crippen LogP contribution in [0.5, 0.6) is 0 Å². The summed E-state index contributed by atoms with van der Waals surface area (Å²) in [6.45, 7) is 1.77. The molecule has 0 saturated carbocycles. The smallest absolute Gasteiger partial charge is 0.267 e. The van der Waals surface area contributed by atoms with Gasteiger partial charge in [0.1, 0.15) is 11.5 Å². The molecular formula is C13H13FN4O. The summed E-state index contributed by atoms with van der Waals surface area (Å²) in [6, 6.07) is 7.40. The lowest BCUT2D eigenvalue weighted by atomic mass is 10.2. The van der Waals surface area contributed by atoms with E-state index < -0.39 is 5.91 Å². The third kappa shape index (κ3) is 2.98. The summed E-state index contributed by atoms with van der Waals surface area (Å²) in [5, 5.41) is 2.87. The van der Waals surface area contributed by atoms with E-state index in [1.165, 1.54) is 24.3 Å². The lowest BCUT2D eigenvalue weighted by molar-refractivity contribution is 0.0996. The Balaban J connectivity index is 2.37. The Morgan fingerprint density at radius 2 is 2.05 bits per heavy atom. The molecule has 0 aliphatic carbocycles. The van der Waals surface area contributed by atoms with Crippen LogP contribution in [0.15, 0.2) is 30.3 Å². The fourth-order valence-corrected chi connectivity index (χ4v) is 1.65. The molecule has 1 aromatic heterocycles. The number of benzene rings is 1. The third-order valence-corrected chi connectivity index (χ3v) is 2.48. The Morgan fingerprint density at radius 1 is 1.32 bits per heavy atom. The van der Waals surface area contributed by atoms with Gasteiger partial charge in [0.05, 0.1) is 5.69 Å². The number of aromatic nitrogens is 1. The second kappa shape index (κ2) is 4.93. The van der Waals surface area contributed by atoms with Crippen molar-refractivity contribution < 1.29 is 9.18 Å². The Labute approximate surface area is 109 Å². The monoisotopic (exact) mass is 260 g/mol. The number of primary amides is 1. The second-order valence-corrected chi connectivity index (χ2v) is 4.14. The highest BCUT2D eigenvalue weighted by Crippen LogP contribution is 2.22. The first-order valence-corrected chi connectivity index (χ1v) is 5.56. The molecule has 5 N–H and O–H groups in total. The summed E-state index contributed by atoms with van der Waals surface area (Å²) in [6.07, 6.45) is 0. The Bertz CT molecular complexity index is 622. The molecule has 2 rings (SSSR count). The lowest BCUT2D eigenvalue weighted by Crippen LogP contribution is -2.14. The third-order valence-electron chi connectivity index (χ3n) is 2.48. The molecule has 0 aliphatic heterocycles. The van der Waals surface area contributed by atoms with E-state index in [9.17, 15) is 9.18 Å². The zero-order valence-corrected chi connectivity index (χ0v) is 10.3. The van der Waals surface area contributed by atoms with Gasteiger partial charge in [-0.1, -0.05) is 0 Å². The number of nitrogens with one attached hydrogen (secondary N) is 1. The van der Waals surface area contributed by atoms with E-state index in [-0.39, 0.29) is 17.3 Å². The number of hydrogen-bond acceptors (Lipinski definition) is 4. The van der Waals surface area contributed by atoms with E-state index in [2.05, 4.69) is 10.3 Å². The Morgan fingerprint density at radius 3 is 2.68 bits per heavy atom. The molecule has 0 radical (unpaired) electrons. The molecule has 19 heavy (non-hydrogen) atoms. The van der Waals surface area contributed by atoms with Crippen LogP contribution < -0.4 is 16.8 Å². The molecule has 0 atom stereocenters. The highest BCUT2D eigenvalue weighted by atomic mass is 19.1. The number of aryl methyl sites for hydroxylation is 1. The number of rotatable bonds is 3. The minimum Gasteiger partial charge on any atom is -0.396 e. The normalized spacial score (nSPS) is 10.2. The van der Waals surface area contributed by atoms with Crippen molar-refractivity contribution in [1.29, 1.82) is 0 Å². The fourth-order valence-electron chi connectivity index (χ4n) is 1.65. The number of nitrogen functional groups attached to an aromatic ring is 1. The van der Waals surface area contributed by atoms with Gasteiger partial charge in [0, 0.05) is 5.69 Å². The van der Waals surface area contributed by atoms with E-state index in [4.69, 9.17) is 11.5 Å². The molecule has 0 fully saturated rings. The number of carbonyl (C=O) groups is 1. The minimum atomic E-state index is -0.654. The largest absolute Gasteiger partial charge is 0.396 e. The van der Waals surface area contributed by atoms with Gasteiger partial charge in [-0.15, -0.1) is 0 Å². The van der Waals surface area contributed by atoms with Gasteiger partial charge in [-0.25, -0.2) is 9.37 Å². The number of nitrogens with two attached hydrogens (primary N) is 2. The first kappa shape index (κ1) is 12.8. The number of carbonyl (C=O) groups excluding carboxylic acids is 1. The maximum atomic E-state index is 13.3. The van der Waals surface area contributed by atoms with Crippen molar-refractivity contribution in [3.8, 4) is 0 Å². The summed E-state index contributed by atoms with van der Waals surface area (Å²) in [5.41, 5.74) is 12.6. The molecule has 1 aromatic carbocycles. The summed E-state index contributed by atoms with van der Waals surface area (Å²) in [4.78, 5) is 15.0. The predicted molar refractivity (Wildman–Crippen MR) is 71.6 cm³/mol. The lowest BCUT2D eigenvalue weighted by Gasteiger charge is -2.10. The van der Waals surface area contributed by atoms with Crippen molar-refractivity contribution in [2.24, 2.45) is 5.73 Å². The van der Waals surface area contributed by atoms with Crippen LogP contribution in [-0.2, 0) is 0 Å². The predicted octanol–water partition coefficient (Wildman–Crippen LogP) is 1.95. The number of nitrogens with zero attached hydrogens (tertiary/aromatic N) is 1. The quantitative estimate of drug-likeness (QED) is 0.786. The van der Waals surface area contributed by atoms with Crippen molar-refractivity contribution in [1.82, 2.24) is 4.98 Å². The molecule has 0 spiro atoms. The number of anilines is 3. The number of amides is 1. The second-order valence-electron chi connectivity index (χ2n) is 4.14. The summed E-state index contributed by atoms with van der Waals surface area (Å²) < 4.78 is 13.3. The van der Waals surface area contributed by atoms with E-state index in [1.54, 1.807) is 13.0 Å². The molecule has 6 heteroatoms. The standard InChI is InChI=1S/C13H13FN4O/c1-7-4-8(14)6-9(5-7)17-13-10(15)2-3-11(18-13)12(16)19/h2-6H,15H2,1H3,(H2,16,19)(H,17,18). The summed E-state index contributed by atoms with van der Waals surface area (Å²) >= 11 is 0. The van der Waals surface area contributed by atoms with Crippen LogP contribution in [0.25, 0.3) is 0 Å².